The maximum atomic E-state index is 11.5. The number of nitrogens with zero attached hydrogens (tertiary/aromatic N) is 1. The van der Waals surface area contributed by atoms with E-state index in [0.29, 0.717) is 24.9 Å². The van der Waals surface area contributed by atoms with Crippen molar-refractivity contribution in [3.05, 3.63) is 0 Å². The summed E-state index contributed by atoms with van der Waals surface area (Å²) in [5, 5.41) is 3.48. The van der Waals surface area contributed by atoms with E-state index in [-0.39, 0.29) is 0 Å². The minimum atomic E-state index is -3.01. The zero-order valence-corrected chi connectivity index (χ0v) is 12.6. The van der Waals surface area contributed by atoms with E-state index in [9.17, 15) is 8.42 Å². The summed E-state index contributed by atoms with van der Waals surface area (Å²) in [5.74, 6) is 1.18. The van der Waals surface area contributed by atoms with Gasteiger partial charge >= 0.3 is 0 Å². The Kier molecular flexibility index (Phi) is 5.62. The van der Waals surface area contributed by atoms with Gasteiger partial charge in [-0.25, -0.2) is 12.7 Å². The van der Waals surface area contributed by atoms with Gasteiger partial charge in [-0.2, -0.15) is 0 Å². The van der Waals surface area contributed by atoms with Crippen molar-refractivity contribution < 1.29 is 13.2 Å². The molecule has 1 N–H and O–H groups in total. The first-order valence-electron chi connectivity index (χ1n) is 7.29. The highest BCUT2D eigenvalue weighted by Crippen LogP contribution is 2.18. The molecule has 0 amide bonds. The van der Waals surface area contributed by atoms with Gasteiger partial charge in [-0.1, -0.05) is 0 Å². The molecule has 6 heteroatoms. The van der Waals surface area contributed by atoms with Gasteiger partial charge in [0.1, 0.15) is 0 Å². The van der Waals surface area contributed by atoms with E-state index in [1.54, 1.807) is 4.31 Å². The van der Waals surface area contributed by atoms with Gasteiger partial charge in [-0.15, -0.1) is 0 Å². The molecule has 2 aliphatic rings. The average Bonchev–Trinajstić information content (AvgIpc) is 2.87. The van der Waals surface area contributed by atoms with Crippen molar-refractivity contribution in [1.82, 2.24) is 9.62 Å². The molecule has 2 fully saturated rings. The lowest BCUT2D eigenvalue weighted by Gasteiger charge is -2.31. The Balaban J connectivity index is 1.62. The monoisotopic (exact) mass is 290 g/mol. The van der Waals surface area contributed by atoms with Crippen molar-refractivity contribution in [3.8, 4) is 0 Å². The molecule has 0 aromatic carbocycles. The fraction of sp³-hybridized carbons (Fsp3) is 1.00. The second kappa shape index (κ2) is 7.02. The first kappa shape index (κ1) is 15.2. The van der Waals surface area contributed by atoms with Gasteiger partial charge in [0.25, 0.3) is 0 Å². The third-order valence-corrected chi connectivity index (χ3v) is 5.41. The number of sulfonamides is 1. The van der Waals surface area contributed by atoms with E-state index >= 15 is 0 Å². The number of piperidine rings is 1. The maximum absolute atomic E-state index is 11.5. The zero-order chi connectivity index (χ0) is 13.7. The number of rotatable bonds is 6. The van der Waals surface area contributed by atoms with Gasteiger partial charge in [0.05, 0.1) is 6.26 Å². The molecule has 112 valence electrons. The topological polar surface area (TPSA) is 58.6 Å². The number of hydrogen-bond acceptors (Lipinski definition) is 4. The summed E-state index contributed by atoms with van der Waals surface area (Å²) in [7, 11) is -3.01. The molecule has 19 heavy (non-hydrogen) atoms. The highest BCUT2D eigenvalue weighted by atomic mass is 32.2. The maximum Gasteiger partial charge on any atom is 0.211 e. The minimum Gasteiger partial charge on any atom is -0.381 e. The van der Waals surface area contributed by atoms with Crippen LogP contribution < -0.4 is 5.32 Å². The molecule has 2 aliphatic heterocycles. The molecular formula is C13H26N2O3S. The SMILES string of the molecule is CS(=O)(=O)N1CCCC(CNCCC2CCOC2)C1. The summed E-state index contributed by atoms with van der Waals surface area (Å²) >= 11 is 0. The standard InChI is InChI=1S/C13H26N2O3S/c1-19(16,17)15-7-2-3-13(10-15)9-14-6-4-12-5-8-18-11-12/h12-14H,2-11H2,1H3. The van der Waals surface area contributed by atoms with Gasteiger partial charge in [-0.05, 0) is 50.6 Å². The number of hydrogen-bond donors (Lipinski definition) is 1. The molecule has 5 nitrogen and oxygen atoms in total. The summed E-state index contributed by atoms with van der Waals surface area (Å²) < 4.78 is 30.0. The van der Waals surface area contributed by atoms with Crippen molar-refractivity contribution in [2.45, 2.75) is 25.7 Å². The molecule has 2 unspecified atom stereocenters. The molecule has 2 rings (SSSR count). The molecule has 0 aliphatic carbocycles. The molecule has 2 saturated heterocycles. The van der Waals surface area contributed by atoms with Crippen LogP contribution in [0.25, 0.3) is 0 Å². The van der Waals surface area contributed by atoms with E-state index in [1.165, 1.54) is 19.1 Å². The van der Waals surface area contributed by atoms with E-state index in [4.69, 9.17) is 4.74 Å². The van der Waals surface area contributed by atoms with Crippen LogP contribution in [0.15, 0.2) is 0 Å². The van der Waals surface area contributed by atoms with Crippen LogP contribution in [0.5, 0.6) is 0 Å². The molecule has 0 radical (unpaired) electrons. The smallest absolute Gasteiger partial charge is 0.211 e. The fourth-order valence-corrected chi connectivity index (χ4v) is 3.86. The van der Waals surface area contributed by atoms with E-state index in [0.717, 1.165) is 39.1 Å². The Bertz CT molecular complexity index is 366. The van der Waals surface area contributed by atoms with Crippen LogP contribution in [0.1, 0.15) is 25.7 Å². The second-order valence-electron chi connectivity index (χ2n) is 5.85. The summed E-state index contributed by atoms with van der Waals surface area (Å²) in [5.41, 5.74) is 0. The van der Waals surface area contributed by atoms with Crippen LogP contribution in [-0.2, 0) is 14.8 Å². The Morgan fingerprint density at radius 2 is 2.16 bits per heavy atom. The molecule has 0 aromatic rings. The Labute approximate surface area is 116 Å². The van der Waals surface area contributed by atoms with E-state index in [2.05, 4.69) is 5.32 Å². The lowest BCUT2D eigenvalue weighted by Crippen LogP contribution is -2.42. The quantitative estimate of drug-likeness (QED) is 0.731. The van der Waals surface area contributed by atoms with Gasteiger partial charge in [-0.3, -0.25) is 0 Å². The highest BCUT2D eigenvalue weighted by Gasteiger charge is 2.25. The fourth-order valence-electron chi connectivity index (χ4n) is 2.92. The van der Waals surface area contributed by atoms with Gasteiger partial charge in [0, 0.05) is 26.3 Å². The molecule has 0 aromatic heterocycles. The van der Waals surface area contributed by atoms with Crippen molar-refractivity contribution in [3.63, 3.8) is 0 Å². The molecule has 2 heterocycles. The van der Waals surface area contributed by atoms with Crippen LogP contribution in [0, 0.1) is 11.8 Å². The third-order valence-electron chi connectivity index (χ3n) is 4.14. The van der Waals surface area contributed by atoms with Gasteiger partial charge in [0.15, 0.2) is 0 Å². The van der Waals surface area contributed by atoms with Crippen molar-refractivity contribution in [2.24, 2.45) is 11.8 Å². The van der Waals surface area contributed by atoms with Crippen molar-refractivity contribution in [1.29, 1.82) is 0 Å². The lowest BCUT2D eigenvalue weighted by atomic mass is 9.99. The molecular weight excluding hydrogens is 264 g/mol. The first-order valence-corrected chi connectivity index (χ1v) is 9.14. The number of ether oxygens (including phenoxy) is 1. The lowest BCUT2D eigenvalue weighted by molar-refractivity contribution is 0.184. The van der Waals surface area contributed by atoms with Crippen LogP contribution in [0.4, 0.5) is 0 Å². The highest BCUT2D eigenvalue weighted by molar-refractivity contribution is 7.88. The van der Waals surface area contributed by atoms with E-state index in [1.807, 2.05) is 0 Å². The second-order valence-corrected chi connectivity index (χ2v) is 7.83. The molecule has 0 spiro atoms. The van der Waals surface area contributed by atoms with Crippen LogP contribution in [0.2, 0.25) is 0 Å². The van der Waals surface area contributed by atoms with Gasteiger partial charge in [0.2, 0.25) is 10.0 Å². The van der Waals surface area contributed by atoms with E-state index < -0.39 is 10.0 Å². The third kappa shape index (κ3) is 5.02. The largest absolute Gasteiger partial charge is 0.381 e. The summed E-state index contributed by atoms with van der Waals surface area (Å²) in [4.78, 5) is 0. The van der Waals surface area contributed by atoms with Crippen molar-refractivity contribution >= 4 is 10.0 Å². The Hall–Kier alpha value is -0.170. The summed E-state index contributed by atoms with van der Waals surface area (Å²) in [6, 6.07) is 0. The Morgan fingerprint density at radius 3 is 2.84 bits per heavy atom. The predicted octanol–water partition coefficient (Wildman–Crippen LogP) is 0.674. The predicted molar refractivity (Wildman–Crippen MR) is 75.6 cm³/mol. The van der Waals surface area contributed by atoms with Crippen molar-refractivity contribution in [2.75, 3.05) is 45.6 Å². The van der Waals surface area contributed by atoms with Crippen LogP contribution >= 0.6 is 0 Å². The summed E-state index contributed by atoms with van der Waals surface area (Å²) in [6.45, 7) is 5.14. The van der Waals surface area contributed by atoms with Crippen LogP contribution in [0.3, 0.4) is 0 Å². The zero-order valence-electron chi connectivity index (χ0n) is 11.8. The Morgan fingerprint density at radius 1 is 1.32 bits per heavy atom. The first-order chi connectivity index (χ1) is 9.05. The molecule has 0 bridgehead atoms. The summed E-state index contributed by atoms with van der Waals surface area (Å²) in [6.07, 6.45) is 5.78. The molecule has 0 saturated carbocycles. The average molecular weight is 290 g/mol. The minimum absolute atomic E-state index is 0.461. The van der Waals surface area contributed by atoms with Crippen LogP contribution in [-0.4, -0.2) is 58.4 Å². The number of nitrogens with one attached hydrogen (secondary N) is 1. The van der Waals surface area contributed by atoms with Gasteiger partial charge < -0.3 is 10.1 Å². The normalized spacial score (nSPS) is 29.7. The molecule has 2 atom stereocenters.